The van der Waals surface area contributed by atoms with Gasteiger partial charge >= 0.3 is 5.97 Å². The van der Waals surface area contributed by atoms with E-state index in [1.165, 1.54) is 7.11 Å². The summed E-state index contributed by atoms with van der Waals surface area (Å²) in [4.78, 5) is 11.3. The number of rotatable bonds is 2. The van der Waals surface area contributed by atoms with E-state index in [4.69, 9.17) is 5.26 Å². The van der Waals surface area contributed by atoms with E-state index < -0.39 is 5.41 Å². The lowest BCUT2D eigenvalue weighted by Gasteiger charge is -2.07. The molecule has 1 aliphatic carbocycles. The average Bonchev–Trinajstić information content (AvgIpc) is 3.05. The fourth-order valence-electron chi connectivity index (χ4n) is 1.93. The van der Waals surface area contributed by atoms with Gasteiger partial charge in [0.15, 0.2) is 0 Å². The molecule has 0 aromatic heterocycles. The first-order valence-corrected chi connectivity index (χ1v) is 4.79. The predicted octanol–water partition coefficient (Wildman–Crippen LogP) is 1.64. The van der Waals surface area contributed by atoms with Crippen molar-refractivity contribution in [3.05, 3.63) is 35.9 Å². The van der Waals surface area contributed by atoms with Gasteiger partial charge in [-0.1, -0.05) is 30.3 Å². The predicted molar refractivity (Wildman–Crippen MR) is 53.9 cm³/mol. The Balaban J connectivity index is 2.29. The van der Waals surface area contributed by atoms with Crippen LogP contribution in [0.25, 0.3) is 0 Å². The van der Waals surface area contributed by atoms with Gasteiger partial charge < -0.3 is 4.74 Å². The molecule has 76 valence electrons. The Hall–Kier alpha value is -1.82. The Bertz CT molecular complexity index is 421. The van der Waals surface area contributed by atoms with E-state index >= 15 is 0 Å². The molecule has 1 fully saturated rings. The molecule has 3 heteroatoms. The van der Waals surface area contributed by atoms with Gasteiger partial charge in [-0.2, -0.15) is 5.26 Å². The van der Waals surface area contributed by atoms with E-state index in [0.717, 1.165) is 5.56 Å². The van der Waals surface area contributed by atoms with Crippen LogP contribution in [0.2, 0.25) is 0 Å². The van der Waals surface area contributed by atoms with Gasteiger partial charge in [0.05, 0.1) is 24.5 Å². The Labute approximate surface area is 88.3 Å². The first kappa shape index (κ1) is 9.72. The van der Waals surface area contributed by atoms with Crippen molar-refractivity contribution in [3.8, 4) is 6.07 Å². The second kappa shape index (κ2) is 3.39. The molecule has 0 bridgehead atoms. The third-order valence-corrected chi connectivity index (χ3v) is 2.93. The van der Waals surface area contributed by atoms with Crippen molar-refractivity contribution < 1.29 is 9.53 Å². The first-order chi connectivity index (χ1) is 7.24. The third-order valence-electron chi connectivity index (χ3n) is 2.93. The van der Waals surface area contributed by atoms with Gasteiger partial charge in [0.25, 0.3) is 0 Å². The summed E-state index contributed by atoms with van der Waals surface area (Å²) in [5.41, 5.74) is 0.261. The van der Waals surface area contributed by atoms with Crippen LogP contribution < -0.4 is 0 Å². The quantitative estimate of drug-likeness (QED) is 0.683. The van der Waals surface area contributed by atoms with Gasteiger partial charge in [0.2, 0.25) is 0 Å². The summed E-state index contributed by atoms with van der Waals surface area (Å²) in [5.74, 6) is -0.588. The van der Waals surface area contributed by atoms with Crippen LogP contribution in [0.5, 0.6) is 0 Å². The summed E-state index contributed by atoms with van der Waals surface area (Å²) >= 11 is 0. The number of esters is 1. The van der Waals surface area contributed by atoms with Crippen molar-refractivity contribution in [2.24, 2.45) is 5.92 Å². The number of carbonyl (C=O) groups excluding carboxylic acids is 1. The standard InChI is InChI=1S/C12H11NO2/c1-15-11(14)10-7-12(10,8-13)9-5-3-2-4-6-9/h2-6,10H,7H2,1H3/t10-,12+/m0/s1. The van der Waals surface area contributed by atoms with E-state index in [1.807, 2.05) is 30.3 Å². The second-order valence-electron chi connectivity index (χ2n) is 3.73. The van der Waals surface area contributed by atoms with Gasteiger partial charge in [0, 0.05) is 0 Å². The van der Waals surface area contributed by atoms with E-state index in [0.29, 0.717) is 6.42 Å². The Morgan fingerprint density at radius 1 is 1.53 bits per heavy atom. The number of hydrogen-bond acceptors (Lipinski definition) is 3. The van der Waals surface area contributed by atoms with Crippen molar-refractivity contribution in [1.82, 2.24) is 0 Å². The second-order valence-corrected chi connectivity index (χ2v) is 3.73. The molecule has 15 heavy (non-hydrogen) atoms. The zero-order valence-corrected chi connectivity index (χ0v) is 8.43. The van der Waals surface area contributed by atoms with Crippen LogP contribution in [-0.4, -0.2) is 13.1 Å². The average molecular weight is 201 g/mol. The largest absolute Gasteiger partial charge is 0.469 e. The normalized spacial score (nSPS) is 27.9. The maximum Gasteiger partial charge on any atom is 0.310 e. The van der Waals surface area contributed by atoms with Gasteiger partial charge in [0.1, 0.15) is 0 Å². The molecule has 1 aliphatic rings. The Kier molecular flexibility index (Phi) is 2.20. The molecule has 1 aromatic rings. The van der Waals surface area contributed by atoms with Crippen LogP contribution in [0.15, 0.2) is 30.3 Å². The zero-order valence-electron chi connectivity index (χ0n) is 8.43. The fraction of sp³-hybridized carbons (Fsp3) is 0.333. The zero-order chi connectivity index (χ0) is 10.9. The highest BCUT2D eigenvalue weighted by Gasteiger charge is 2.61. The highest BCUT2D eigenvalue weighted by molar-refractivity contribution is 5.80. The summed E-state index contributed by atoms with van der Waals surface area (Å²) in [7, 11) is 1.35. The summed E-state index contributed by atoms with van der Waals surface area (Å²) in [5, 5.41) is 9.17. The minimum Gasteiger partial charge on any atom is -0.469 e. The smallest absolute Gasteiger partial charge is 0.310 e. The van der Waals surface area contributed by atoms with Crippen molar-refractivity contribution in [3.63, 3.8) is 0 Å². The van der Waals surface area contributed by atoms with Gasteiger partial charge in [-0.05, 0) is 12.0 Å². The number of nitrogens with zero attached hydrogens (tertiary/aromatic N) is 1. The summed E-state index contributed by atoms with van der Waals surface area (Å²) in [6, 6.07) is 11.6. The molecule has 0 saturated heterocycles. The lowest BCUT2D eigenvalue weighted by molar-refractivity contribution is -0.142. The topological polar surface area (TPSA) is 50.1 Å². The van der Waals surface area contributed by atoms with Crippen LogP contribution in [0.4, 0.5) is 0 Å². The third kappa shape index (κ3) is 1.39. The van der Waals surface area contributed by atoms with Crippen molar-refractivity contribution in [2.75, 3.05) is 7.11 Å². The van der Waals surface area contributed by atoms with Gasteiger partial charge in [-0.15, -0.1) is 0 Å². The molecule has 0 unspecified atom stereocenters. The van der Waals surface area contributed by atoms with Crippen LogP contribution >= 0.6 is 0 Å². The van der Waals surface area contributed by atoms with Crippen molar-refractivity contribution in [1.29, 1.82) is 5.26 Å². The molecule has 1 saturated carbocycles. The van der Waals surface area contributed by atoms with E-state index in [1.54, 1.807) is 0 Å². The highest BCUT2D eigenvalue weighted by atomic mass is 16.5. The maximum absolute atomic E-state index is 11.3. The monoisotopic (exact) mass is 201 g/mol. The number of hydrogen-bond donors (Lipinski definition) is 0. The molecule has 0 radical (unpaired) electrons. The van der Waals surface area contributed by atoms with Crippen LogP contribution in [0, 0.1) is 17.2 Å². The number of nitriles is 1. The number of benzene rings is 1. The molecule has 0 N–H and O–H groups in total. The lowest BCUT2D eigenvalue weighted by Crippen LogP contribution is -2.14. The summed E-state index contributed by atoms with van der Waals surface area (Å²) < 4.78 is 4.66. The minimum absolute atomic E-state index is 0.291. The van der Waals surface area contributed by atoms with Gasteiger partial charge in [-0.25, -0.2) is 0 Å². The first-order valence-electron chi connectivity index (χ1n) is 4.79. The number of methoxy groups -OCH3 is 1. The number of carbonyl (C=O) groups is 1. The van der Waals surface area contributed by atoms with Crippen molar-refractivity contribution in [2.45, 2.75) is 11.8 Å². The van der Waals surface area contributed by atoms with Crippen LogP contribution in [-0.2, 0) is 14.9 Å². The fourth-order valence-corrected chi connectivity index (χ4v) is 1.93. The molecule has 2 atom stereocenters. The molecule has 0 amide bonds. The van der Waals surface area contributed by atoms with Crippen molar-refractivity contribution >= 4 is 5.97 Å². The minimum atomic E-state index is -0.644. The molecular weight excluding hydrogens is 190 g/mol. The molecule has 0 heterocycles. The van der Waals surface area contributed by atoms with Crippen LogP contribution in [0.3, 0.4) is 0 Å². The van der Waals surface area contributed by atoms with Gasteiger partial charge in [-0.3, -0.25) is 4.79 Å². The Morgan fingerprint density at radius 3 is 2.73 bits per heavy atom. The summed E-state index contributed by atoms with van der Waals surface area (Å²) in [6.07, 6.45) is 0.570. The molecular formula is C12H11NO2. The Morgan fingerprint density at radius 2 is 2.20 bits per heavy atom. The lowest BCUT2D eigenvalue weighted by atomic mass is 9.95. The van der Waals surface area contributed by atoms with E-state index in [-0.39, 0.29) is 11.9 Å². The molecule has 0 spiro atoms. The maximum atomic E-state index is 11.3. The molecule has 1 aromatic carbocycles. The van der Waals surface area contributed by atoms with Crippen LogP contribution in [0.1, 0.15) is 12.0 Å². The molecule has 0 aliphatic heterocycles. The highest BCUT2D eigenvalue weighted by Crippen LogP contribution is 2.54. The summed E-state index contributed by atoms with van der Waals surface area (Å²) in [6.45, 7) is 0. The molecule has 3 nitrogen and oxygen atoms in total. The molecule has 2 rings (SSSR count). The number of ether oxygens (including phenoxy) is 1. The van der Waals surface area contributed by atoms with E-state index in [9.17, 15) is 4.79 Å². The van der Waals surface area contributed by atoms with E-state index in [2.05, 4.69) is 10.8 Å². The SMILES string of the molecule is COC(=O)[C@@H]1C[C@@]1(C#N)c1ccccc1.